The van der Waals surface area contributed by atoms with Gasteiger partial charge in [0.1, 0.15) is 0 Å². The molecule has 0 spiro atoms. The molecule has 1 aliphatic rings. The Morgan fingerprint density at radius 3 is 2.63 bits per heavy atom. The van der Waals surface area contributed by atoms with E-state index in [1.807, 2.05) is 24.3 Å². The first-order valence-corrected chi connectivity index (χ1v) is 7.14. The van der Waals surface area contributed by atoms with Crippen LogP contribution in [0.15, 0.2) is 24.3 Å². The van der Waals surface area contributed by atoms with Gasteiger partial charge in [0.25, 0.3) is 0 Å². The lowest BCUT2D eigenvalue weighted by Crippen LogP contribution is -2.08. The standard InChI is InChI=1S/C13H12IN3O2/c14-10-5-1-8(2-6-10)7-17-12(9-3-4-9)11(13(18)19)15-16-17/h1-2,5-6,9H,3-4,7H2,(H,18,19). The van der Waals surface area contributed by atoms with Crippen molar-refractivity contribution in [3.8, 4) is 0 Å². The van der Waals surface area contributed by atoms with Gasteiger partial charge in [0.15, 0.2) is 5.69 Å². The van der Waals surface area contributed by atoms with Crippen LogP contribution in [-0.4, -0.2) is 26.1 Å². The zero-order chi connectivity index (χ0) is 13.4. The van der Waals surface area contributed by atoms with Gasteiger partial charge in [-0.3, -0.25) is 0 Å². The van der Waals surface area contributed by atoms with Gasteiger partial charge in [-0.25, -0.2) is 9.48 Å². The molecule has 1 saturated carbocycles. The number of aromatic nitrogens is 3. The lowest BCUT2D eigenvalue weighted by molar-refractivity contribution is 0.0689. The number of rotatable bonds is 4. The Hall–Kier alpha value is -1.44. The molecule has 19 heavy (non-hydrogen) atoms. The number of carbonyl (C=O) groups is 1. The van der Waals surface area contributed by atoms with Gasteiger partial charge in [0.05, 0.1) is 12.2 Å². The van der Waals surface area contributed by atoms with E-state index in [0.29, 0.717) is 12.5 Å². The summed E-state index contributed by atoms with van der Waals surface area (Å²) in [5.41, 5.74) is 1.98. The Bertz CT molecular complexity index is 617. The maximum atomic E-state index is 11.1. The molecule has 5 nitrogen and oxygen atoms in total. The first kappa shape index (κ1) is 12.6. The Morgan fingerprint density at radius 1 is 1.37 bits per heavy atom. The number of carboxylic acid groups (broad SMARTS) is 1. The molecule has 1 aromatic carbocycles. The molecule has 0 bridgehead atoms. The third-order valence-corrected chi connectivity index (χ3v) is 3.90. The number of halogens is 1. The topological polar surface area (TPSA) is 68.0 Å². The maximum absolute atomic E-state index is 11.1. The third-order valence-electron chi connectivity index (χ3n) is 3.19. The molecule has 3 rings (SSSR count). The summed E-state index contributed by atoms with van der Waals surface area (Å²) in [6.45, 7) is 0.572. The van der Waals surface area contributed by atoms with Crippen molar-refractivity contribution < 1.29 is 9.90 Å². The zero-order valence-corrected chi connectivity index (χ0v) is 12.2. The third kappa shape index (κ3) is 2.63. The molecule has 6 heteroatoms. The molecule has 0 aliphatic heterocycles. The minimum atomic E-state index is -0.990. The van der Waals surface area contributed by atoms with Crippen molar-refractivity contribution in [3.05, 3.63) is 44.8 Å². The van der Waals surface area contributed by atoms with Gasteiger partial charge >= 0.3 is 5.97 Å². The van der Waals surface area contributed by atoms with E-state index in [-0.39, 0.29) is 5.69 Å². The summed E-state index contributed by atoms with van der Waals surface area (Å²) in [7, 11) is 0. The average molecular weight is 369 g/mol. The van der Waals surface area contributed by atoms with Gasteiger partial charge in [-0.05, 0) is 53.1 Å². The van der Waals surface area contributed by atoms with Crippen LogP contribution in [0.2, 0.25) is 0 Å². The second-order valence-corrected chi connectivity index (χ2v) is 5.93. The fraction of sp³-hybridized carbons (Fsp3) is 0.308. The Balaban J connectivity index is 1.92. The second kappa shape index (κ2) is 4.92. The molecule has 1 heterocycles. The van der Waals surface area contributed by atoms with E-state index < -0.39 is 5.97 Å². The first-order chi connectivity index (χ1) is 9.15. The van der Waals surface area contributed by atoms with Crippen LogP contribution in [0.5, 0.6) is 0 Å². The van der Waals surface area contributed by atoms with Crippen LogP contribution >= 0.6 is 22.6 Å². The number of hydrogen-bond donors (Lipinski definition) is 1. The van der Waals surface area contributed by atoms with Crippen LogP contribution in [0.25, 0.3) is 0 Å². The Morgan fingerprint density at radius 2 is 2.05 bits per heavy atom. The van der Waals surface area contributed by atoms with E-state index in [0.717, 1.165) is 24.1 Å². The van der Waals surface area contributed by atoms with E-state index >= 15 is 0 Å². The number of aromatic carboxylic acids is 1. The highest BCUT2D eigenvalue weighted by atomic mass is 127. The summed E-state index contributed by atoms with van der Waals surface area (Å²) in [4.78, 5) is 11.1. The summed E-state index contributed by atoms with van der Waals surface area (Å²) in [6, 6.07) is 8.12. The summed E-state index contributed by atoms with van der Waals surface area (Å²) in [5, 5.41) is 16.9. The first-order valence-electron chi connectivity index (χ1n) is 6.06. The Kier molecular flexibility index (Phi) is 3.26. The smallest absolute Gasteiger partial charge is 0.358 e. The fourth-order valence-electron chi connectivity index (χ4n) is 2.11. The van der Waals surface area contributed by atoms with E-state index in [9.17, 15) is 4.79 Å². The van der Waals surface area contributed by atoms with Crippen LogP contribution in [0.1, 0.15) is 40.5 Å². The van der Waals surface area contributed by atoms with Gasteiger partial charge in [-0.2, -0.15) is 0 Å². The van der Waals surface area contributed by atoms with Crippen molar-refractivity contribution in [2.24, 2.45) is 0 Å². The molecular formula is C13H12IN3O2. The van der Waals surface area contributed by atoms with Gasteiger partial charge in [0.2, 0.25) is 0 Å². The highest BCUT2D eigenvalue weighted by molar-refractivity contribution is 14.1. The number of hydrogen-bond acceptors (Lipinski definition) is 3. The summed E-state index contributed by atoms with van der Waals surface area (Å²) < 4.78 is 2.90. The predicted octanol–water partition coefficient (Wildman–Crippen LogP) is 2.51. The lowest BCUT2D eigenvalue weighted by atomic mass is 10.2. The molecule has 0 atom stereocenters. The van der Waals surface area contributed by atoms with Gasteiger partial charge < -0.3 is 5.11 Å². The van der Waals surface area contributed by atoms with Crippen molar-refractivity contribution >= 4 is 28.6 Å². The summed E-state index contributed by atoms with van der Waals surface area (Å²) in [5.74, 6) is -0.680. The number of benzene rings is 1. The van der Waals surface area contributed by atoms with Crippen LogP contribution < -0.4 is 0 Å². The monoisotopic (exact) mass is 369 g/mol. The van der Waals surface area contributed by atoms with Crippen molar-refractivity contribution in [2.75, 3.05) is 0 Å². The van der Waals surface area contributed by atoms with Crippen molar-refractivity contribution in [1.29, 1.82) is 0 Å². The highest BCUT2D eigenvalue weighted by Gasteiger charge is 2.33. The maximum Gasteiger partial charge on any atom is 0.358 e. The normalized spacial score (nSPS) is 14.6. The predicted molar refractivity (Wildman–Crippen MR) is 77.2 cm³/mol. The quantitative estimate of drug-likeness (QED) is 0.841. The second-order valence-electron chi connectivity index (χ2n) is 4.69. The summed E-state index contributed by atoms with van der Waals surface area (Å²) in [6.07, 6.45) is 2.06. The minimum Gasteiger partial charge on any atom is -0.476 e. The molecule has 0 saturated heterocycles. The van der Waals surface area contributed by atoms with E-state index in [4.69, 9.17) is 5.11 Å². The number of nitrogens with zero attached hydrogens (tertiary/aromatic N) is 3. The van der Waals surface area contributed by atoms with Gasteiger partial charge in [0, 0.05) is 9.49 Å². The molecule has 98 valence electrons. The van der Waals surface area contributed by atoms with Crippen LogP contribution in [0.3, 0.4) is 0 Å². The molecule has 0 radical (unpaired) electrons. The molecule has 2 aromatic rings. The lowest BCUT2D eigenvalue weighted by Gasteiger charge is -2.06. The molecule has 0 unspecified atom stereocenters. The summed E-state index contributed by atoms with van der Waals surface area (Å²) >= 11 is 2.26. The molecule has 1 fully saturated rings. The molecular weight excluding hydrogens is 357 g/mol. The van der Waals surface area contributed by atoms with Crippen molar-refractivity contribution in [1.82, 2.24) is 15.0 Å². The largest absolute Gasteiger partial charge is 0.476 e. The minimum absolute atomic E-state index is 0.105. The van der Waals surface area contributed by atoms with Crippen LogP contribution in [0.4, 0.5) is 0 Å². The van der Waals surface area contributed by atoms with E-state index in [1.54, 1.807) is 4.68 Å². The molecule has 1 N–H and O–H groups in total. The van der Waals surface area contributed by atoms with Crippen molar-refractivity contribution in [3.63, 3.8) is 0 Å². The Labute approximate surface area is 123 Å². The van der Waals surface area contributed by atoms with Gasteiger partial charge in [-0.15, -0.1) is 5.10 Å². The number of carboxylic acids is 1. The fourth-order valence-corrected chi connectivity index (χ4v) is 2.47. The van der Waals surface area contributed by atoms with E-state index in [1.165, 1.54) is 3.57 Å². The highest BCUT2D eigenvalue weighted by Crippen LogP contribution is 2.41. The van der Waals surface area contributed by atoms with Crippen LogP contribution in [0, 0.1) is 3.57 Å². The molecule has 1 aliphatic carbocycles. The SMILES string of the molecule is O=C(O)c1nnn(Cc2ccc(I)cc2)c1C1CC1. The van der Waals surface area contributed by atoms with Crippen molar-refractivity contribution in [2.45, 2.75) is 25.3 Å². The molecule has 1 aromatic heterocycles. The molecule has 0 amide bonds. The van der Waals surface area contributed by atoms with Crippen LogP contribution in [-0.2, 0) is 6.54 Å². The van der Waals surface area contributed by atoms with E-state index in [2.05, 4.69) is 32.9 Å². The average Bonchev–Trinajstić information content (AvgIpc) is 3.13. The zero-order valence-electron chi connectivity index (χ0n) is 10.1. The van der Waals surface area contributed by atoms with Gasteiger partial charge in [-0.1, -0.05) is 17.3 Å².